The first kappa shape index (κ1) is 20.4. The van der Waals surface area contributed by atoms with Crippen LogP contribution in [0.15, 0.2) is 60.9 Å². The summed E-state index contributed by atoms with van der Waals surface area (Å²) in [5.41, 5.74) is 3.26. The summed E-state index contributed by atoms with van der Waals surface area (Å²) in [6.45, 7) is 2.40. The van der Waals surface area contributed by atoms with Crippen molar-refractivity contribution in [3.05, 3.63) is 71.3 Å². The maximum atomic E-state index is 12.4. The third-order valence-corrected chi connectivity index (χ3v) is 4.98. The van der Waals surface area contributed by atoms with E-state index in [1.807, 2.05) is 31.2 Å². The number of aromatic amines is 1. The molecule has 0 bridgehead atoms. The minimum absolute atomic E-state index is 0.140. The quantitative estimate of drug-likeness (QED) is 0.396. The lowest BCUT2D eigenvalue weighted by Crippen LogP contribution is -2.15. The number of amides is 1. The second-order valence-corrected chi connectivity index (χ2v) is 7.40. The summed E-state index contributed by atoms with van der Waals surface area (Å²) in [6.07, 6.45) is 3.28. The maximum Gasteiger partial charge on any atom is 0.226 e. The van der Waals surface area contributed by atoms with E-state index >= 15 is 0 Å². The van der Waals surface area contributed by atoms with E-state index in [0.717, 1.165) is 11.1 Å². The molecule has 0 aliphatic rings. The fraction of sp³-hybridized carbons (Fsp3) is 0.136. The highest BCUT2D eigenvalue weighted by atomic mass is 32.1. The number of aromatic nitrogens is 5. The van der Waals surface area contributed by atoms with Crippen LogP contribution in [0.3, 0.4) is 0 Å². The first-order valence-electron chi connectivity index (χ1n) is 9.63. The second kappa shape index (κ2) is 8.88. The molecular weight excluding hydrogens is 412 g/mol. The van der Waals surface area contributed by atoms with Gasteiger partial charge >= 0.3 is 0 Å². The van der Waals surface area contributed by atoms with E-state index in [4.69, 9.17) is 12.2 Å². The Morgan fingerprint density at radius 1 is 1.13 bits per heavy atom. The number of aryl methyl sites for hydroxylation is 1. The Bertz CT molecular complexity index is 1260. The van der Waals surface area contributed by atoms with Crippen LogP contribution in [-0.4, -0.2) is 35.7 Å². The van der Waals surface area contributed by atoms with Gasteiger partial charge in [0.15, 0.2) is 16.4 Å². The van der Waals surface area contributed by atoms with Gasteiger partial charge in [0.1, 0.15) is 5.75 Å². The fourth-order valence-electron chi connectivity index (χ4n) is 3.07. The van der Waals surface area contributed by atoms with Crippen LogP contribution in [0.25, 0.3) is 22.8 Å². The van der Waals surface area contributed by atoms with E-state index < -0.39 is 0 Å². The van der Waals surface area contributed by atoms with Gasteiger partial charge in [-0.05, 0) is 31.3 Å². The van der Waals surface area contributed by atoms with Crippen molar-refractivity contribution in [2.24, 2.45) is 0 Å². The summed E-state index contributed by atoms with van der Waals surface area (Å²) >= 11 is 5.33. The molecule has 0 aliphatic carbocycles. The maximum absolute atomic E-state index is 12.4. The van der Waals surface area contributed by atoms with Crippen LogP contribution in [0.4, 0.5) is 5.69 Å². The Labute approximate surface area is 183 Å². The number of nitrogens with one attached hydrogen (secondary N) is 2. The predicted octanol–water partition coefficient (Wildman–Crippen LogP) is 4.11. The predicted molar refractivity (Wildman–Crippen MR) is 120 cm³/mol. The van der Waals surface area contributed by atoms with Gasteiger partial charge < -0.3 is 10.4 Å². The molecule has 0 atom stereocenters. The lowest BCUT2D eigenvalue weighted by molar-refractivity contribution is -0.116. The Hall–Kier alpha value is -3.85. The molecule has 3 N–H and O–H groups in total. The Morgan fingerprint density at radius 3 is 2.58 bits per heavy atom. The zero-order valence-corrected chi connectivity index (χ0v) is 17.6. The van der Waals surface area contributed by atoms with Gasteiger partial charge in [-0.1, -0.05) is 42.0 Å². The molecule has 156 valence electrons. The summed E-state index contributed by atoms with van der Waals surface area (Å²) in [5, 5.41) is 19.5. The minimum atomic E-state index is -0.188. The van der Waals surface area contributed by atoms with Crippen molar-refractivity contribution < 1.29 is 9.90 Å². The summed E-state index contributed by atoms with van der Waals surface area (Å²) < 4.78 is 2.27. The van der Waals surface area contributed by atoms with Crippen LogP contribution in [-0.2, 0) is 11.3 Å². The number of phenolic OH excluding ortho intramolecular Hbond substituents is 1. The van der Waals surface area contributed by atoms with Crippen molar-refractivity contribution in [1.29, 1.82) is 0 Å². The van der Waals surface area contributed by atoms with Crippen LogP contribution in [0.5, 0.6) is 5.75 Å². The van der Waals surface area contributed by atoms with Crippen molar-refractivity contribution in [3.8, 4) is 28.5 Å². The van der Waals surface area contributed by atoms with Gasteiger partial charge in [-0.25, -0.2) is 9.97 Å². The number of rotatable bonds is 6. The average molecular weight is 433 g/mol. The summed E-state index contributed by atoms with van der Waals surface area (Å²) in [7, 11) is 0. The third-order valence-electron chi connectivity index (χ3n) is 4.67. The molecule has 2 heterocycles. The molecule has 0 fully saturated rings. The smallest absolute Gasteiger partial charge is 0.226 e. The fourth-order valence-corrected chi connectivity index (χ4v) is 3.30. The van der Waals surface area contributed by atoms with E-state index in [2.05, 4.69) is 25.5 Å². The van der Waals surface area contributed by atoms with E-state index in [-0.39, 0.29) is 18.1 Å². The molecule has 2 aromatic heterocycles. The van der Waals surface area contributed by atoms with Gasteiger partial charge in [-0.3, -0.25) is 14.5 Å². The first-order valence-corrected chi connectivity index (χ1v) is 10.0. The molecule has 8 nitrogen and oxygen atoms in total. The molecule has 0 saturated heterocycles. The molecule has 31 heavy (non-hydrogen) atoms. The molecule has 4 aromatic rings. The van der Waals surface area contributed by atoms with Crippen molar-refractivity contribution >= 4 is 23.8 Å². The Balaban J connectivity index is 1.41. The number of nitrogens with zero attached hydrogens (tertiary/aromatic N) is 4. The van der Waals surface area contributed by atoms with Crippen molar-refractivity contribution in [1.82, 2.24) is 24.7 Å². The van der Waals surface area contributed by atoms with E-state index in [0.29, 0.717) is 34.2 Å². The monoisotopic (exact) mass is 432 g/mol. The molecule has 4 rings (SSSR count). The average Bonchev–Trinajstić information content (AvgIpc) is 3.13. The van der Waals surface area contributed by atoms with E-state index in [1.165, 1.54) is 12.4 Å². The summed E-state index contributed by atoms with van der Waals surface area (Å²) in [4.78, 5) is 20.9. The van der Waals surface area contributed by atoms with Gasteiger partial charge in [0.2, 0.25) is 5.91 Å². The molecule has 0 saturated carbocycles. The van der Waals surface area contributed by atoms with Crippen LogP contribution >= 0.6 is 12.2 Å². The molecule has 1 amide bonds. The molecular formula is C22H20N6O2S. The summed E-state index contributed by atoms with van der Waals surface area (Å²) in [5.74, 6) is 1.10. The van der Waals surface area contributed by atoms with E-state index in [1.54, 1.807) is 28.8 Å². The molecule has 2 aromatic carbocycles. The number of aromatic hydroxyl groups is 1. The number of carbonyl (C=O) groups excluding carboxylic acids is 1. The van der Waals surface area contributed by atoms with E-state index in [9.17, 15) is 9.90 Å². The van der Waals surface area contributed by atoms with Gasteiger partial charge in [0.25, 0.3) is 0 Å². The zero-order valence-electron chi connectivity index (χ0n) is 16.7. The number of anilines is 1. The van der Waals surface area contributed by atoms with Crippen LogP contribution < -0.4 is 5.32 Å². The van der Waals surface area contributed by atoms with Gasteiger partial charge in [0, 0.05) is 24.1 Å². The number of hydrogen-bond donors (Lipinski definition) is 3. The van der Waals surface area contributed by atoms with Crippen molar-refractivity contribution in [2.45, 2.75) is 19.9 Å². The highest BCUT2D eigenvalue weighted by Gasteiger charge is 2.11. The molecule has 0 unspecified atom stereocenters. The summed E-state index contributed by atoms with van der Waals surface area (Å²) in [6, 6.07) is 14.6. The normalized spacial score (nSPS) is 10.7. The number of benzene rings is 2. The Kier molecular flexibility index (Phi) is 5.85. The van der Waals surface area contributed by atoms with Gasteiger partial charge in [-0.2, -0.15) is 5.10 Å². The van der Waals surface area contributed by atoms with Gasteiger partial charge in [0.05, 0.1) is 18.1 Å². The number of carbonyl (C=O) groups is 1. The van der Waals surface area contributed by atoms with Crippen LogP contribution in [0, 0.1) is 11.7 Å². The van der Waals surface area contributed by atoms with Crippen molar-refractivity contribution in [3.63, 3.8) is 0 Å². The number of hydrogen-bond acceptors (Lipinski definition) is 6. The van der Waals surface area contributed by atoms with Gasteiger partial charge in [-0.15, -0.1) is 0 Å². The SMILES string of the molecule is Cc1ccc(-c2n[nH]c(=S)n2CCC(=O)Nc2cnc(-c3cccc(O)c3)nc2)cc1. The van der Waals surface area contributed by atoms with Crippen LogP contribution in [0.1, 0.15) is 12.0 Å². The largest absolute Gasteiger partial charge is 0.508 e. The van der Waals surface area contributed by atoms with Crippen molar-refractivity contribution in [2.75, 3.05) is 5.32 Å². The molecule has 0 aliphatic heterocycles. The second-order valence-electron chi connectivity index (χ2n) is 7.01. The molecule has 0 radical (unpaired) electrons. The zero-order chi connectivity index (χ0) is 21.8. The minimum Gasteiger partial charge on any atom is -0.508 e. The third kappa shape index (κ3) is 4.84. The first-order chi connectivity index (χ1) is 15.0. The number of H-pyrrole nitrogens is 1. The Morgan fingerprint density at radius 2 is 1.87 bits per heavy atom. The van der Waals surface area contributed by atoms with Crippen LogP contribution in [0.2, 0.25) is 0 Å². The molecule has 0 spiro atoms. The molecule has 9 heteroatoms. The highest BCUT2D eigenvalue weighted by molar-refractivity contribution is 7.71. The lowest BCUT2D eigenvalue weighted by atomic mass is 10.1. The highest BCUT2D eigenvalue weighted by Crippen LogP contribution is 2.21. The lowest BCUT2D eigenvalue weighted by Gasteiger charge is -2.08. The number of phenols is 1. The standard InChI is InChI=1S/C22H20N6O2S/c1-14-5-7-15(8-6-14)21-26-27-22(31)28(21)10-9-19(30)25-17-12-23-20(24-13-17)16-3-2-4-18(29)11-16/h2-8,11-13,29H,9-10H2,1H3,(H,25,30)(H,27,31). The topological polar surface area (TPSA) is 109 Å².